The van der Waals surface area contributed by atoms with Crippen LogP contribution in [0, 0.1) is 0 Å². The van der Waals surface area contributed by atoms with E-state index in [0.29, 0.717) is 11.6 Å². The molecular formula is C15H12N4O2. The molecule has 0 aliphatic rings. The average molecular weight is 280 g/mol. The molecule has 0 saturated carbocycles. The number of nitrogens with one attached hydrogen (secondary N) is 1. The molecule has 0 unspecified atom stereocenters. The van der Waals surface area contributed by atoms with Crippen molar-refractivity contribution in [2.24, 2.45) is 0 Å². The van der Waals surface area contributed by atoms with E-state index in [1.807, 2.05) is 24.3 Å². The normalized spacial score (nSPS) is 10.3. The highest BCUT2D eigenvalue weighted by Crippen LogP contribution is 2.17. The van der Waals surface area contributed by atoms with Crippen LogP contribution in [0.5, 0.6) is 5.88 Å². The minimum atomic E-state index is -0.320. The lowest BCUT2D eigenvalue weighted by atomic mass is 10.2. The van der Waals surface area contributed by atoms with Crippen LogP contribution >= 0.6 is 0 Å². The van der Waals surface area contributed by atoms with Crippen molar-refractivity contribution < 1.29 is 9.53 Å². The van der Waals surface area contributed by atoms with Crippen molar-refractivity contribution in [2.45, 2.75) is 0 Å². The molecule has 1 amide bonds. The number of benzene rings is 1. The first-order valence-corrected chi connectivity index (χ1v) is 6.28. The molecule has 3 aromatic rings. The van der Waals surface area contributed by atoms with Crippen LogP contribution in [0.15, 0.2) is 48.9 Å². The van der Waals surface area contributed by atoms with E-state index >= 15 is 0 Å². The first-order chi connectivity index (χ1) is 10.3. The Morgan fingerprint density at radius 2 is 2.05 bits per heavy atom. The van der Waals surface area contributed by atoms with Gasteiger partial charge < -0.3 is 10.1 Å². The molecule has 1 N–H and O–H groups in total. The summed E-state index contributed by atoms with van der Waals surface area (Å²) in [5, 5.41) is 3.74. The first-order valence-electron chi connectivity index (χ1n) is 6.28. The molecule has 0 radical (unpaired) electrons. The van der Waals surface area contributed by atoms with Crippen LogP contribution in [0.2, 0.25) is 0 Å². The highest BCUT2D eigenvalue weighted by atomic mass is 16.5. The van der Waals surface area contributed by atoms with E-state index in [2.05, 4.69) is 20.3 Å². The van der Waals surface area contributed by atoms with Crippen LogP contribution < -0.4 is 10.1 Å². The van der Waals surface area contributed by atoms with Crippen molar-refractivity contribution >= 4 is 22.5 Å². The summed E-state index contributed by atoms with van der Waals surface area (Å²) >= 11 is 0. The Labute approximate surface area is 120 Å². The topological polar surface area (TPSA) is 77.0 Å². The van der Waals surface area contributed by atoms with Gasteiger partial charge in [-0.05, 0) is 24.3 Å². The number of carbonyl (C=O) groups is 1. The van der Waals surface area contributed by atoms with Gasteiger partial charge in [0.15, 0.2) is 0 Å². The van der Waals surface area contributed by atoms with Gasteiger partial charge in [0.1, 0.15) is 12.0 Å². The number of rotatable bonds is 3. The van der Waals surface area contributed by atoms with Gasteiger partial charge in [-0.1, -0.05) is 6.07 Å². The number of carbonyl (C=O) groups excluding carboxylic acids is 1. The Morgan fingerprint density at radius 1 is 1.14 bits per heavy atom. The minimum Gasteiger partial charge on any atom is -0.481 e. The van der Waals surface area contributed by atoms with Crippen LogP contribution in [0.4, 0.5) is 5.69 Å². The van der Waals surface area contributed by atoms with Gasteiger partial charge in [-0.25, -0.2) is 9.97 Å². The van der Waals surface area contributed by atoms with Crippen molar-refractivity contribution in [2.75, 3.05) is 12.4 Å². The van der Waals surface area contributed by atoms with E-state index in [1.54, 1.807) is 12.3 Å². The number of amides is 1. The van der Waals surface area contributed by atoms with Crippen LogP contribution in [-0.4, -0.2) is 28.0 Å². The van der Waals surface area contributed by atoms with Crippen molar-refractivity contribution in [3.8, 4) is 5.88 Å². The second-order valence-corrected chi connectivity index (χ2v) is 4.31. The van der Waals surface area contributed by atoms with Gasteiger partial charge in [-0.15, -0.1) is 0 Å². The van der Waals surface area contributed by atoms with E-state index in [4.69, 9.17) is 4.74 Å². The third kappa shape index (κ3) is 2.79. The average Bonchev–Trinajstić information content (AvgIpc) is 2.54. The molecule has 0 aliphatic carbocycles. The third-order valence-corrected chi connectivity index (χ3v) is 2.94. The molecule has 0 bridgehead atoms. The van der Waals surface area contributed by atoms with E-state index in [-0.39, 0.29) is 11.6 Å². The summed E-state index contributed by atoms with van der Waals surface area (Å²) in [5.74, 6) is 0.0248. The lowest BCUT2D eigenvalue weighted by molar-refractivity contribution is 0.102. The largest absolute Gasteiger partial charge is 0.481 e. The number of hydrogen-bond donors (Lipinski definition) is 1. The monoisotopic (exact) mass is 280 g/mol. The molecule has 21 heavy (non-hydrogen) atoms. The Kier molecular flexibility index (Phi) is 3.42. The van der Waals surface area contributed by atoms with E-state index in [0.717, 1.165) is 10.9 Å². The second kappa shape index (κ2) is 5.54. The molecule has 2 heterocycles. The molecule has 6 nitrogen and oxygen atoms in total. The van der Waals surface area contributed by atoms with Crippen LogP contribution in [-0.2, 0) is 0 Å². The minimum absolute atomic E-state index is 0.244. The molecule has 2 aromatic heterocycles. The van der Waals surface area contributed by atoms with Gasteiger partial charge in [0, 0.05) is 23.3 Å². The van der Waals surface area contributed by atoms with Gasteiger partial charge in [-0.2, -0.15) is 0 Å². The molecular weight excluding hydrogens is 268 g/mol. The zero-order valence-electron chi connectivity index (χ0n) is 11.3. The van der Waals surface area contributed by atoms with E-state index < -0.39 is 0 Å². The highest BCUT2D eigenvalue weighted by Gasteiger charge is 2.09. The van der Waals surface area contributed by atoms with Gasteiger partial charge in [0.25, 0.3) is 5.91 Å². The first kappa shape index (κ1) is 13.0. The fraction of sp³-hybridized carbons (Fsp3) is 0.0667. The fourth-order valence-electron chi connectivity index (χ4n) is 1.92. The van der Waals surface area contributed by atoms with Crippen LogP contribution in [0.1, 0.15) is 10.5 Å². The molecule has 0 spiro atoms. The van der Waals surface area contributed by atoms with Crippen molar-refractivity contribution in [3.05, 3.63) is 54.6 Å². The number of pyridine rings is 1. The number of ether oxygens (including phenoxy) is 1. The van der Waals surface area contributed by atoms with Gasteiger partial charge >= 0.3 is 0 Å². The molecule has 0 atom stereocenters. The summed E-state index contributed by atoms with van der Waals surface area (Å²) in [7, 11) is 1.49. The Hall–Kier alpha value is -3.02. The summed E-state index contributed by atoms with van der Waals surface area (Å²) in [6.07, 6.45) is 3.02. The lowest BCUT2D eigenvalue weighted by Gasteiger charge is -2.06. The molecule has 3 rings (SSSR count). The zero-order valence-corrected chi connectivity index (χ0v) is 11.3. The molecule has 6 heteroatoms. The summed E-state index contributed by atoms with van der Waals surface area (Å²) in [4.78, 5) is 24.2. The number of methoxy groups -OCH3 is 1. The molecule has 0 saturated heterocycles. The summed E-state index contributed by atoms with van der Waals surface area (Å²) in [6, 6.07) is 10.8. The summed E-state index contributed by atoms with van der Waals surface area (Å²) in [5.41, 5.74) is 1.80. The Bertz CT molecular complexity index is 804. The van der Waals surface area contributed by atoms with Crippen LogP contribution in [0.3, 0.4) is 0 Å². The molecule has 104 valence electrons. The van der Waals surface area contributed by atoms with E-state index in [9.17, 15) is 4.79 Å². The quantitative estimate of drug-likeness (QED) is 0.796. The number of fused-ring (bicyclic) bond motifs is 1. The van der Waals surface area contributed by atoms with Gasteiger partial charge in [0.2, 0.25) is 5.88 Å². The second-order valence-electron chi connectivity index (χ2n) is 4.31. The van der Waals surface area contributed by atoms with Crippen molar-refractivity contribution in [1.82, 2.24) is 15.0 Å². The molecule has 0 fully saturated rings. The fourth-order valence-corrected chi connectivity index (χ4v) is 1.92. The zero-order chi connectivity index (χ0) is 14.7. The number of anilines is 1. The Morgan fingerprint density at radius 3 is 2.90 bits per heavy atom. The van der Waals surface area contributed by atoms with E-state index in [1.165, 1.54) is 19.5 Å². The smallest absolute Gasteiger partial charge is 0.274 e. The Balaban J connectivity index is 1.85. The maximum absolute atomic E-state index is 12.1. The molecule has 0 aliphatic heterocycles. The third-order valence-electron chi connectivity index (χ3n) is 2.94. The van der Waals surface area contributed by atoms with Crippen molar-refractivity contribution in [1.29, 1.82) is 0 Å². The van der Waals surface area contributed by atoms with Gasteiger partial charge in [-0.3, -0.25) is 9.78 Å². The summed E-state index contributed by atoms with van der Waals surface area (Å²) in [6.45, 7) is 0. The maximum Gasteiger partial charge on any atom is 0.274 e. The van der Waals surface area contributed by atoms with Crippen molar-refractivity contribution in [3.63, 3.8) is 0 Å². The predicted molar refractivity (Wildman–Crippen MR) is 78.3 cm³/mol. The lowest BCUT2D eigenvalue weighted by Crippen LogP contribution is -2.14. The van der Waals surface area contributed by atoms with Gasteiger partial charge in [0.05, 0.1) is 12.6 Å². The van der Waals surface area contributed by atoms with Crippen LogP contribution in [0.25, 0.3) is 10.9 Å². The predicted octanol–water partition coefficient (Wildman–Crippen LogP) is 2.29. The maximum atomic E-state index is 12.1. The SMILES string of the molecule is COc1cc(C(=O)Nc2ccc3ncccc3c2)ncn1. The number of hydrogen-bond acceptors (Lipinski definition) is 5. The number of nitrogens with zero attached hydrogens (tertiary/aromatic N) is 3. The number of aromatic nitrogens is 3. The highest BCUT2D eigenvalue weighted by molar-refractivity contribution is 6.03. The standard InChI is InChI=1S/C15H12N4O2/c1-21-14-8-13(17-9-18-14)15(20)19-11-4-5-12-10(7-11)3-2-6-16-12/h2-9H,1H3,(H,19,20). The molecule has 1 aromatic carbocycles. The summed E-state index contributed by atoms with van der Waals surface area (Å²) < 4.78 is 4.97.